The molecule has 2 nitrogen and oxygen atoms in total. The molecule has 1 heterocycles. The van der Waals surface area contributed by atoms with Crippen LogP contribution in [0.1, 0.15) is 52.5 Å². The van der Waals surface area contributed by atoms with Crippen molar-refractivity contribution in [2.24, 2.45) is 5.92 Å². The zero-order valence-corrected chi connectivity index (χ0v) is 14.2. The van der Waals surface area contributed by atoms with Crippen LogP contribution in [0.3, 0.4) is 0 Å². The molecule has 1 fully saturated rings. The number of nitrogens with zero attached hydrogens (tertiary/aromatic N) is 1. The number of rotatable bonds is 6. The first-order chi connectivity index (χ1) is 10.1. The van der Waals surface area contributed by atoms with Gasteiger partial charge >= 0.3 is 0 Å². The molecule has 2 atom stereocenters. The first-order valence-electron chi connectivity index (χ1n) is 8.67. The van der Waals surface area contributed by atoms with E-state index in [4.69, 9.17) is 0 Å². The van der Waals surface area contributed by atoms with Crippen LogP contribution in [0.25, 0.3) is 0 Å². The highest BCUT2D eigenvalue weighted by Crippen LogP contribution is 2.28. The predicted octanol–water partition coefficient (Wildman–Crippen LogP) is 4.02. The van der Waals surface area contributed by atoms with Gasteiger partial charge in [0.2, 0.25) is 0 Å². The Balaban J connectivity index is 2.14. The minimum absolute atomic E-state index is 0.0823. The molecule has 0 spiro atoms. The van der Waals surface area contributed by atoms with Gasteiger partial charge in [0.25, 0.3) is 0 Å². The van der Waals surface area contributed by atoms with Crippen molar-refractivity contribution in [2.75, 3.05) is 19.6 Å². The lowest BCUT2D eigenvalue weighted by Crippen LogP contribution is -2.61. The highest BCUT2D eigenvalue weighted by Gasteiger charge is 2.36. The highest BCUT2D eigenvalue weighted by molar-refractivity contribution is 5.25. The van der Waals surface area contributed by atoms with Crippen LogP contribution in [0.5, 0.6) is 0 Å². The Morgan fingerprint density at radius 2 is 1.86 bits per heavy atom. The van der Waals surface area contributed by atoms with E-state index in [0.717, 1.165) is 19.0 Å². The smallest absolute Gasteiger partial charge is 0.0535 e. The maximum atomic E-state index is 3.81. The Labute approximate surface area is 130 Å². The van der Waals surface area contributed by atoms with Crippen LogP contribution in [0.4, 0.5) is 0 Å². The molecule has 1 N–H and O–H groups in total. The van der Waals surface area contributed by atoms with E-state index < -0.39 is 0 Å². The monoisotopic (exact) mass is 288 g/mol. The molecule has 2 unspecified atom stereocenters. The molecule has 1 saturated heterocycles. The van der Waals surface area contributed by atoms with Gasteiger partial charge in [-0.3, -0.25) is 4.90 Å². The van der Waals surface area contributed by atoms with Gasteiger partial charge in [-0.1, -0.05) is 63.9 Å². The second kappa shape index (κ2) is 7.42. The van der Waals surface area contributed by atoms with Crippen molar-refractivity contribution in [2.45, 2.75) is 58.5 Å². The van der Waals surface area contributed by atoms with Crippen LogP contribution in [0.2, 0.25) is 0 Å². The van der Waals surface area contributed by atoms with Crippen LogP contribution in [0, 0.1) is 5.92 Å². The first-order valence-corrected chi connectivity index (χ1v) is 8.67. The van der Waals surface area contributed by atoms with Crippen molar-refractivity contribution in [3.05, 3.63) is 35.9 Å². The number of piperazine rings is 1. The minimum Gasteiger partial charge on any atom is -0.305 e. The van der Waals surface area contributed by atoms with E-state index in [-0.39, 0.29) is 5.54 Å². The summed E-state index contributed by atoms with van der Waals surface area (Å²) in [5, 5.41) is 3.81. The van der Waals surface area contributed by atoms with Gasteiger partial charge in [0.15, 0.2) is 0 Å². The third-order valence-corrected chi connectivity index (χ3v) is 5.29. The molecule has 1 aromatic carbocycles. The van der Waals surface area contributed by atoms with E-state index in [2.05, 4.69) is 68.2 Å². The minimum atomic E-state index is 0.0823. The summed E-state index contributed by atoms with van der Waals surface area (Å²) in [5.74, 6) is 0.831. The molecule has 1 aliphatic heterocycles. The normalized spacial score (nSPS) is 27.2. The molecule has 0 saturated carbocycles. The second-order valence-electron chi connectivity index (χ2n) is 6.75. The van der Waals surface area contributed by atoms with E-state index in [0.29, 0.717) is 6.04 Å². The van der Waals surface area contributed by atoms with Crippen LogP contribution in [0.15, 0.2) is 30.3 Å². The molecule has 21 heavy (non-hydrogen) atoms. The van der Waals surface area contributed by atoms with Gasteiger partial charge in [0.05, 0.1) is 5.54 Å². The summed E-state index contributed by atoms with van der Waals surface area (Å²) < 4.78 is 0. The van der Waals surface area contributed by atoms with E-state index in [1.807, 2.05) is 0 Å². The van der Waals surface area contributed by atoms with Crippen molar-refractivity contribution in [3.63, 3.8) is 0 Å². The lowest BCUT2D eigenvalue weighted by atomic mass is 9.87. The maximum Gasteiger partial charge on any atom is 0.0535 e. The van der Waals surface area contributed by atoms with E-state index in [1.165, 1.54) is 31.4 Å². The molecule has 118 valence electrons. The fraction of sp³-hybridized carbons (Fsp3) is 0.684. The SMILES string of the molecule is CCC(CC)CN1CC(C)(c2ccccc2)NCC1CC. The molecule has 0 radical (unpaired) electrons. The zero-order valence-electron chi connectivity index (χ0n) is 14.2. The molecule has 0 amide bonds. The van der Waals surface area contributed by atoms with E-state index in [1.54, 1.807) is 0 Å². The summed E-state index contributed by atoms with van der Waals surface area (Å²) in [6.45, 7) is 12.8. The van der Waals surface area contributed by atoms with E-state index >= 15 is 0 Å². The maximum absolute atomic E-state index is 3.81. The quantitative estimate of drug-likeness (QED) is 0.850. The molecular formula is C19H32N2. The average molecular weight is 288 g/mol. The molecule has 0 aromatic heterocycles. The summed E-state index contributed by atoms with van der Waals surface area (Å²) >= 11 is 0. The van der Waals surface area contributed by atoms with Crippen molar-refractivity contribution in [3.8, 4) is 0 Å². The Kier molecular flexibility index (Phi) is 5.83. The van der Waals surface area contributed by atoms with Crippen molar-refractivity contribution < 1.29 is 0 Å². The van der Waals surface area contributed by atoms with Crippen LogP contribution in [-0.4, -0.2) is 30.6 Å². The molecule has 1 aliphatic rings. The van der Waals surface area contributed by atoms with Crippen LogP contribution < -0.4 is 5.32 Å². The number of benzene rings is 1. The molecule has 0 bridgehead atoms. The number of hydrogen-bond donors (Lipinski definition) is 1. The van der Waals surface area contributed by atoms with Crippen molar-refractivity contribution >= 4 is 0 Å². The Bertz CT molecular complexity index is 413. The van der Waals surface area contributed by atoms with Gasteiger partial charge in [-0.25, -0.2) is 0 Å². The number of hydrogen-bond acceptors (Lipinski definition) is 2. The Hall–Kier alpha value is -0.860. The Morgan fingerprint density at radius 1 is 1.19 bits per heavy atom. The summed E-state index contributed by atoms with van der Waals surface area (Å²) in [7, 11) is 0. The summed E-state index contributed by atoms with van der Waals surface area (Å²) in [4.78, 5) is 2.74. The fourth-order valence-corrected chi connectivity index (χ4v) is 3.56. The standard InChI is InChI=1S/C19H32N2/c1-5-16(6-2)14-21-15-19(4,20-13-18(21)7-3)17-11-9-8-10-12-17/h8-12,16,18,20H,5-7,13-15H2,1-4H3. The number of nitrogens with one attached hydrogen (secondary N) is 1. The van der Waals surface area contributed by atoms with Crippen molar-refractivity contribution in [1.29, 1.82) is 0 Å². The predicted molar refractivity (Wildman–Crippen MR) is 91.5 cm³/mol. The lowest BCUT2D eigenvalue weighted by Gasteiger charge is -2.47. The summed E-state index contributed by atoms with van der Waals surface area (Å²) in [6, 6.07) is 11.6. The molecule has 2 heteroatoms. The largest absolute Gasteiger partial charge is 0.305 e. The first kappa shape index (κ1) is 16.5. The third-order valence-electron chi connectivity index (χ3n) is 5.29. The van der Waals surface area contributed by atoms with Crippen molar-refractivity contribution in [1.82, 2.24) is 10.2 Å². The molecule has 0 aliphatic carbocycles. The second-order valence-corrected chi connectivity index (χ2v) is 6.75. The van der Waals surface area contributed by atoms with Gasteiger partial charge in [-0.2, -0.15) is 0 Å². The van der Waals surface area contributed by atoms with Gasteiger partial charge in [0.1, 0.15) is 0 Å². The topological polar surface area (TPSA) is 15.3 Å². The zero-order chi connectivity index (χ0) is 15.3. The Morgan fingerprint density at radius 3 is 2.43 bits per heavy atom. The summed E-state index contributed by atoms with van der Waals surface area (Å²) in [6.07, 6.45) is 3.82. The molecule has 2 rings (SSSR count). The van der Waals surface area contributed by atoms with Crippen LogP contribution >= 0.6 is 0 Å². The van der Waals surface area contributed by atoms with Crippen LogP contribution in [-0.2, 0) is 5.54 Å². The fourth-order valence-electron chi connectivity index (χ4n) is 3.56. The van der Waals surface area contributed by atoms with Gasteiger partial charge in [-0.15, -0.1) is 0 Å². The summed E-state index contributed by atoms with van der Waals surface area (Å²) in [5.41, 5.74) is 1.49. The molecule has 1 aromatic rings. The van der Waals surface area contributed by atoms with Gasteiger partial charge in [0, 0.05) is 25.7 Å². The third kappa shape index (κ3) is 3.87. The van der Waals surface area contributed by atoms with E-state index in [9.17, 15) is 0 Å². The lowest BCUT2D eigenvalue weighted by molar-refractivity contribution is 0.0667. The van der Waals surface area contributed by atoms with Gasteiger partial charge in [-0.05, 0) is 24.8 Å². The van der Waals surface area contributed by atoms with Gasteiger partial charge < -0.3 is 5.32 Å². The highest BCUT2D eigenvalue weighted by atomic mass is 15.3. The average Bonchev–Trinajstić information content (AvgIpc) is 2.53. The molecular weight excluding hydrogens is 256 g/mol.